The maximum absolute atomic E-state index is 5.70. The molecule has 0 bridgehead atoms. The molecule has 2 aromatic rings. The average Bonchev–Trinajstić information content (AvgIpc) is 2.61. The number of methoxy groups -OCH3 is 2. The van der Waals surface area contributed by atoms with Crippen LogP contribution in [0.3, 0.4) is 0 Å². The third kappa shape index (κ3) is 3.11. The molecule has 2 N–H and O–H groups in total. The Morgan fingerprint density at radius 1 is 1.22 bits per heavy atom. The normalized spacial score (nSPS) is 17.5. The smallest absolute Gasteiger partial charge is 0.281 e. The van der Waals surface area contributed by atoms with Gasteiger partial charge in [0.05, 0.1) is 20.3 Å². The van der Waals surface area contributed by atoms with Crippen LogP contribution in [0.15, 0.2) is 35.8 Å². The Balaban J connectivity index is 2.02. The highest BCUT2D eigenvalue weighted by Gasteiger charge is 2.24. The van der Waals surface area contributed by atoms with E-state index in [1.54, 1.807) is 7.11 Å². The Morgan fingerprint density at radius 2 is 2.00 bits per heavy atom. The summed E-state index contributed by atoms with van der Waals surface area (Å²) >= 11 is 0. The molecule has 0 saturated carbocycles. The predicted octanol–water partition coefficient (Wildman–Crippen LogP) is 1.97. The van der Waals surface area contributed by atoms with Gasteiger partial charge in [-0.3, -0.25) is 0 Å². The lowest BCUT2D eigenvalue weighted by Crippen LogP contribution is -2.24. The zero-order chi connectivity index (χ0) is 16.2. The summed E-state index contributed by atoms with van der Waals surface area (Å²) in [6, 6.07) is 4.40. The van der Waals surface area contributed by atoms with Crippen molar-refractivity contribution >= 4 is 6.02 Å². The van der Waals surface area contributed by atoms with E-state index in [0.717, 1.165) is 36.1 Å². The van der Waals surface area contributed by atoms with Gasteiger partial charge in [0.15, 0.2) is 0 Å². The fourth-order valence-corrected chi connectivity index (χ4v) is 3.07. The maximum Gasteiger partial charge on any atom is 0.281 e. The minimum absolute atomic E-state index is 0.110. The molecule has 0 amide bonds. The zero-order valence-electron chi connectivity index (χ0n) is 13.3. The molecule has 6 heteroatoms. The van der Waals surface area contributed by atoms with Crippen LogP contribution >= 0.6 is 0 Å². The monoisotopic (exact) mass is 312 g/mol. The molecule has 120 valence electrons. The number of fused-ring (bicyclic) bond motifs is 1. The van der Waals surface area contributed by atoms with Gasteiger partial charge < -0.3 is 15.2 Å². The first kappa shape index (κ1) is 15.3. The molecule has 6 nitrogen and oxygen atoms in total. The Bertz CT molecular complexity index is 716. The van der Waals surface area contributed by atoms with Gasteiger partial charge in [-0.2, -0.15) is 0 Å². The first-order valence-corrected chi connectivity index (χ1v) is 7.54. The second kappa shape index (κ2) is 6.64. The van der Waals surface area contributed by atoms with Crippen LogP contribution in [0.4, 0.5) is 0 Å². The second-order valence-electron chi connectivity index (χ2n) is 5.47. The third-order valence-corrected chi connectivity index (χ3v) is 4.17. The maximum atomic E-state index is 5.70. The summed E-state index contributed by atoms with van der Waals surface area (Å²) in [5.41, 5.74) is 10.3. The van der Waals surface area contributed by atoms with E-state index in [1.807, 2.05) is 18.5 Å². The first-order valence-electron chi connectivity index (χ1n) is 7.54. The van der Waals surface area contributed by atoms with Crippen LogP contribution in [-0.2, 0) is 17.6 Å². The fourth-order valence-electron chi connectivity index (χ4n) is 3.07. The molecular weight excluding hydrogens is 292 g/mol. The highest BCUT2D eigenvalue weighted by molar-refractivity contribution is 5.72. The van der Waals surface area contributed by atoms with Crippen molar-refractivity contribution in [3.05, 3.63) is 42.0 Å². The van der Waals surface area contributed by atoms with Crippen LogP contribution < -0.4 is 10.5 Å². The molecule has 1 unspecified atom stereocenters. The fraction of sp³-hybridized carbons (Fsp3) is 0.353. The van der Waals surface area contributed by atoms with Gasteiger partial charge in [0.2, 0.25) is 0 Å². The standard InChI is InChI=1S/C17H20N4O2/c1-22-16-6-5-13(11-8-19-10-20-9-11)14-4-3-12(7-15(14)16)21-17(18)23-2/h5-6,8-10,12H,3-4,7H2,1-2H3,(H2,18,21). The Morgan fingerprint density at radius 3 is 2.70 bits per heavy atom. The Kier molecular flexibility index (Phi) is 4.41. The van der Waals surface area contributed by atoms with E-state index in [1.165, 1.54) is 24.6 Å². The van der Waals surface area contributed by atoms with E-state index >= 15 is 0 Å². The molecule has 3 rings (SSSR count). The van der Waals surface area contributed by atoms with Crippen LogP contribution in [0.1, 0.15) is 17.5 Å². The molecule has 1 atom stereocenters. The summed E-state index contributed by atoms with van der Waals surface area (Å²) in [6.07, 6.45) is 7.82. The number of nitrogens with zero attached hydrogens (tertiary/aromatic N) is 3. The van der Waals surface area contributed by atoms with Crippen LogP contribution in [0.2, 0.25) is 0 Å². The van der Waals surface area contributed by atoms with Gasteiger partial charge in [-0.1, -0.05) is 6.07 Å². The van der Waals surface area contributed by atoms with Crippen molar-refractivity contribution in [2.24, 2.45) is 10.7 Å². The SMILES string of the molecule is COC(N)=NC1CCc2c(-c3cncnc3)ccc(OC)c2C1. The van der Waals surface area contributed by atoms with E-state index in [4.69, 9.17) is 15.2 Å². The van der Waals surface area contributed by atoms with Gasteiger partial charge in [-0.15, -0.1) is 0 Å². The molecule has 1 aromatic heterocycles. The largest absolute Gasteiger partial charge is 0.496 e. The predicted molar refractivity (Wildman–Crippen MR) is 88.5 cm³/mol. The molecule has 1 aliphatic rings. The van der Waals surface area contributed by atoms with Crippen molar-refractivity contribution in [1.82, 2.24) is 9.97 Å². The number of hydrogen-bond donors (Lipinski definition) is 1. The van der Waals surface area contributed by atoms with Gasteiger partial charge >= 0.3 is 0 Å². The van der Waals surface area contributed by atoms with Crippen molar-refractivity contribution in [3.63, 3.8) is 0 Å². The quantitative estimate of drug-likeness (QED) is 0.692. The topological polar surface area (TPSA) is 82.6 Å². The average molecular weight is 312 g/mol. The minimum Gasteiger partial charge on any atom is -0.496 e. The number of ether oxygens (including phenoxy) is 2. The molecule has 0 aliphatic heterocycles. The van der Waals surface area contributed by atoms with Crippen LogP contribution in [0.5, 0.6) is 5.75 Å². The first-order chi connectivity index (χ1) is 11.2. The molecule has 0 spiro atoms. The van der Waals surface area contributed by atoms with Crippen molar-refractivity contribution < 1.29 is 9.47 Å². The lowest BCUT2D eigenvalue weighted by Gasteiger charge is -2.26. The molecule has 23 heavy (non-hydrogen) atoms. The van der Waals surface area contributed by atoms with Gasteiger partial charge in [0.1, 0.15) is 12.1 Å². The molecule has 1 heterocycles. The summed E-state index contributed by atoms with van der Waals surface area (Å²) in [4.78, 5) is 12.7. The van der Waals surface area contributed by atoms with Gasteiger partial charge in [0, 0.05) is 23.5 Å². The lowest BCUT2D eigenvalue weighted by molar-refractivity contribution is 0.384. The highest BCUT2D eigenvalue weighted by Crippen LogP contribution is 2.37. The van der Waals surface area contributed by atoms with E-state index < -0.39 is 0 Å². The van der Waals surface area contributed by atoms with E-state index in [9.17, 15) is 0 Å². The van der Waals surface area contributed by atoms with E-state index in [-0.39, 0.29) is 12.1 Å². The number of aliphatic imine (C=N–C) groups is 1. The van der Waals surface area contributed by atoms with Gasteiger partial charge in [0.25, 0.3) is 6.02 Å². The van der Waals surface area contributed by atoms with Gasteiger partial charge in [-0.05, 0) is 36.5 Å². The number of nitrogens with two attached hydrogens (primary N) is 1. The third-order valence-electron chi connectivity index (χ3n) is 4.17. The second-order valence-corrected chi connectivity index (χ2v) is 5.47. The summed E-state index contributed by atoms with van der Waals surface area (Å²) in [7, 11) is 3.22. The van der Waals surface area contributed by atoms with Crippen LogP contribution in [0, 0.1) is 0 Å². The molecule has 0 radical (unpaired) electrons. The number of amidine groups is 1. The van der Waals surface area contributed by atoms with Crippen molar-refractivity contribution in [2.75, 3.05) is 14.2 Å². The van der Waals surface area contributed by atoms with Crippen LogP contribution in [0.25, 0.3) is 11.1 Å². The number of benzene rings is 1. The molecule has 0 saturated heterocycles. The molecule has 0 fully saturated rings. The minimum atomic E-state index is 0.110. The lowest BCUT2D eigenvalue weighted by atomic mass is 9.83. The number of hydrogen-bond acceptors (Lipinski definition) is 5. The van der Waals surface area contributed by atoms with Crippen molar-refractivity contribution in [2.45, 2.75) is 25.3 Å². The van der Waals surface area contributed by atoms with Crippen LogP contribution in [-0.4, -0.2) is 36.3 Å². The molecule has 1 aliphatic carbocycles. The summed E-state index contributed by atoms with van der Waals surface area (Å²) in [5, 5.41) is 0. The summed E-state index contributed by atoms with van der Waals surface area (Å²) < 4.78 is 10.5. The summed E-state index contributed by atoms with van der Waals surface area (Å²) in [6.45, 7) is 0. The number of rotatable bonds is 3. The van der Waals surface area contributed by atoms with Gasteiger partial charge in [-0.25, -0.2) is 15.0 Å². The molecular formula is C17H20N4O2. The van der Waals surface area contributed by atoms with Crippen molar-refractivity contribution in [1.29, 1.82) is 0 Å². The van der Waals surface area contributed by atoms with E-state index in [2.05, 4.69) is 21.0 Å². The Labute approximate surface area is 135 Å². The van der Waals surface area contributed by atoms with Crippen molar-refractivity contribution in [3.8, 4) is 16.9 Å². The molecule has 1 aromatic carbocycles. The highest BCUT2D eigenvalue weighted by atomic mass is 16.5. The van der Waals surface area contributed by atoms with E-state index in [0.29, 0.717) is 0 Å². The summed E-state index contributed by atoms with van der Waals surface area (Å²) in [5.74, 6) is 0.886. The zero-order valence-corrected chi connectivity index (χ0v) is 13.3. The number of aromatic nitrogens is 2. The Hall–Kier alpha value is -2.63.